The molecule has 3 atom stereocenters. The lowest BCUT2D eigenvalue weighted by Gasteiger charge is -2.38. The summed E-state index contributed by atoms with van der Waals surface area (Å²) in [5.41, 5.74) is 7.41. The average molecular weight is 262 g/mol. The molecule has 0 bridgehead atoms. The van der Waals surface area contributed by atoms with Gasteiger partial charge < -0.3 is 15.7 Å². The van der Waals surface area contributed by atoms with Crippen molar-refractivity contribution >= 4 is 11.6 Å². The van der Waals surface area contributed by atoms with Crippen molar-refractivity contribution in [1.82, 2.24) is 0 Å². The number of primary amides is 1. The zero-order chi connectivity index (χ0) is 14.0. The summed E-state index contributed by atoms with van der Waals surface area (Å²) in [6.07, 6.45) is 1.40. The highest BCUT2D eigenvalue weighted by Crippen LogP contribution is 2.28. The summed E-state index contributed by atoms with van der Waals surface area (Å²) in [7, 11) is 0. The molecule has 104 valence electrons. The molecule has 1 saturated heterocycles. The standard InChI is InChI=1S/C15H22N2O2/c1-10-3-4-13(15(16)19)9-17(10)14-7-5-12(6-8-14)11(2)18/h5-8,10-11,13,18H,3-4,9H2,1-2H3,(H2,16,19). The molecule has 1 amide bonds. The summed E-state index contributed by atoms with van der Waals surface area (Å²) in [5.74, 6) is -0.273. The SMILES string of the molecule is CC(O)c1ccc(N2CC(C(N)=O)CCC2C)cc1. The van der Waals surface area contributed by atoms with Gasteiger partial charge in [0.05, 0.1) is 12.0 Å². The molecule has 4 heteroatoms. The number of aliphatic hydroxyl groups is 1. The zero-order valence-electron chi connectivity index (χ0n) is 11.5. The molecule has 19 heavy (non-hydrogen) atoms. The molecule has 1 aromatic carbocycles. The molecule has 0 aliphatic carbocycles. The maximum Gasteiger partial charge on any atom is 0.222 e. The first kappa shape index (κ1) is 13.9. The first-order chi connectivity index (χ1) is 8.99. The molecule has 3 unspecified atom stereocenters. The van der Waals surface area contributed by atoms with Gasteiger partial charge in [0.25, 0.3) is 0 Å². The van der Waals surface area contributed by atoms with E-state index in [2.05, 4.69) is 11.8 Å². The smallest absolute Gasteiger partial charge is 0.222 e. The van der Waals surface area contributed by atoms with E-state index in [1.165, 1.54) is 0 Å². The van der Waals surface area contributed by atoms with Gasteiger partial charge in [-0.05, 0) is 44.4 Å². The van der Waals surface area contributed by atoms with Crippen LogP contribution in [-0.2, 0) is 4.79 Å². The third-order valence-electron chi connectivity index (χ3n) is 3.99. The number of hydrogen-bond donors (Lipinski definition) is 2. The number of carbonyl (C=O) groups is 1. The Morgan fingerprint density at radius 3 is 2.53 bits per heavy atom. The minimum Gasteiger partial charge on any atom is -0.389 e. The fraction of sp³-hybridized carbons (Fsp3) is 0.533. The molecule has 4 nitrogen and oxygen atoms in total. The molecule has 1 aliphatic heterocycles. The highest BCUT2D eigenvalue weighted by atomic mass is 16.3. The van der Waals surface area contributed by atoms with E-state index >= 15 is 0 Å². The predicted octanol–water partition coefficient (Wildman–Crippen LogP) is 1.83. The Balaban J connectivity index is 2.16. The predicted molar refractivity (Wildman–Crippen MR) is 75.8 cm³/mol. The normalized spacial score (nSPS) is 25.1. The molecule has 0 radical (unpaired) electrons. The summed E-state index contributed by atoms with van der Waals surface area (Å²) < 4.78 is 0. The number of carbonyl (C=O) groups excluding carboxylic acids is 1. The minimum atomic E-state index is -0.453. The van der Waals surface area contributed by atoms with Gasteiger partial charge in [-0.15, -0.1) is 0 Å². The van der Waals surface area contributed by atoms with Crippen molar-refractivity contribution in [2.75, 3.05) is 11.4 Å². The van der Waals surface area contributed by atoms with Crippen molar-refractivity contribution in [1.29, 1.82) is 0 Å². The van der Waals surface area contributed by atoms with Gasteiger partial charge in [-0.1, -0.05) is 12.1 Å². The molecule has 0 spiro atoms. The third kappa shape index (κ3) is 3.07. The van der Waals surface area contributed by atoms with E-state index in [0.29, 0.717) is 12.6 Å². The number of amides is 1. The van der Waals surface area contributed by atoms with Crippen LogP contribution in [0.15, 0.2) is 24.3 Å². The van der Waals surface area contributed by atoms with E-state index < -0.39 is 6.10 Å². The second kappa shape index (κ2) is 5.61. The van der Waals surface area contributed by atoms with Crippen molar-refractivity contribution in [2.24, 2.45) is 11.7 Å². The molecule has 2 rings (SSSR count). The molecular formula is C15H22N2O2. The summed E-state index contributed by atoms with van der Waals surface area (Å²) in [6.45, 7) is 4.60. The zero-order valence-corrected chi connectivity index (χ0v) is 11.5. The summed E-state index contributed by atoms with van der Waals surface area (Å²) in [5, 5.41) is 9.52. The molecule has 1 aliphatic rings. The van der Waals surface area contributed by atoms with Crippen molar-refractivity contribution in [3.05, 3.63) is 29.8 Å². The van der Waals surface area contributed by atoms with Crippen molar-refractivity contribution in [2.45, 2.75) is 38.8 Å². The Morgan fingerprint density at radius 1 is 1.37 bits per heavy atom. The van der Waals surface area contributed by atoms with E-state index in [4.69, 9.17) is 5.73 Å². The topological polar surface area (TPSA) is 66.6 Å². The van der Waals surface area contributed by atoms with Gasteiger partial charge in [-0.2, -0.15) is 0 Å². The molecule has 0 saturated carbocycles. The number of benzene rings is 1. The summed E-state index contributed by atoms with van der Waals surface area (Å²) in [6, 6.07) is 8.28. The van der Waals surface area contributed by atoms with Crippen molar-refractivity contribution < 1.29 is 9.90 Å². The quantitative estimate of drug-likeness (QED) is 0.873. The average Bonchev–Trinajstić information content (AvgIpc) is 2.39. The molecule has 1 heterocycles. The van der Waals surface area contributed by atoms with Gasteiger partial charge in [0.1, 0.15) is 0 Å². The van der Waals surface area contributed by atoms with Crippen LogP contribution in [0.3, 0.4) is 0 Å². The van der Waals surface area contributed by atoms with Gasteiger partial charge in [0.2, 0.25) is 5.91 Å². The molecule has 1 aromatic rings. The minimum absolute atomic E-state index is 0.0624. The molecule has 0 aromatic heterocycles. The van der Waals surface area contributed by atoms with E-state index in [-0.39, 0.29) is 11.8 Å². The van der Waals surface area contributed by atoms with Crippen LogP contribution in [0, 0.1) is 5.92 Å². The van der Waals surface area contributed by atoms with Gasteiger partial charge in [0, 0.05) is 18.3 Å². The van der Waals surface area contributed by atoms with Gasteiger partial charge in [-0.25, -0.2) is 0 Å². The number of hydrogen-bond acceptors (Lipinski definition) is 3. The molecular weight excluding hydrogens is 240 g/mol. The Morgan fingerprint density at radius 2 is 2.00 bits per heavy atom. The highest BCUT2D eigenvalue weighted by Gasteiger charge is 2.28. The number of nitrogens with zero attached hydrogens (tertiary/aromatic N) is 1. The Bertz CT molecular complexity index is 442. The summed E-state index contributed by atoms with van der Waals surface area (Å²) in [4.78, 5) is 13.6. The highest BCUT2D eigenvalue weighted by molar-refractivity contribution is 5.77. The van der Waals surface area contributed by atoms with Crippen LogP contribution in [0.5, 0.6) is 0 Å². The van der Waals surface area contributed by atoms with E-state index in [1.807, 2.05) is 24.3 Å². The number of anilines is 1. The Kier molecular flexibility index (Phi) is 4.10. The Labute approximate surface area is 114 Å². The second-order valence-electron chi connectivity index (χ2n) is 5.45. The first-order valence-corrected chi connectivity index (χ1v) is 6.83. The van der Waals surface area contributed by atoms with Crippen LogP contribution in [0.1, 0.15) is 38.4 Å². The van der Waals surface area contributed by atoms with E-state index in [9.17, 15) is 9.90 Å². The number of aliphatic hydroxyl groups excluding tert-OH is 1. The number of nitrogens with two attached hydrogens (primary N) is 1. The lowest BCUT2D eigenvalue weighted by molar-refractivity contribution is -0.122. The second-order valence-corrected chi connectivity index (χ2v) is 5.45. The van der Waals surface area contributed by atoms with Crippen LogP contribution in [0.25, 0.3) is 0 Å². The fourth-order valence-electron chi connectivity index (χ4n) is 2.64. The number of piperidine rings is 1. The van der Waals surface area contributed by atoms with Gasteiger partial charge >= 0.3 is 0 Å². The van der Waals surface area contributed by atoms with Crippen LogP contribution < -0.4 is 10.6 Å². The van der Waals surface area contributed by atoms with Crippen LogP contribution in [0.4, 0.5) is 5.69 Å². The van der Waals surface area contributed by atoms with E-state index in [1.54, 1.807) is 6.92 Å². The first-order valence-electron chi connectivity index (χ1n) is 6.83. The largest absolute Gasteiger partial charge is 0.389 e. The fourth-order valence-corrected chi connectivity index (χ4v) is 2.64. The van der Waals surface area contributed by atoms with Crippen molar-refractivity contribution in [3.8, 4) is 0 Å². The maximum absolute atomic E-state index is 11.3. The monoisotopic (exact) mass is 262 g/mol. The molecule has 3 N–H and O–H groups in total. The maximum atomic E-state index is 11.3. The van der Waals surface area contributed by atoms with Gasteiger partial charge in [0.15, 0.2) is 0 Å². The third-order valence-corrected chi connectivity index (χ3v) is 3.99. The number of rotatable bonds is 3. The lowest BCUT2D eigenvalue weighted by atomic mass is 9.92. The summed E-state index contributed by atoms with van der Waals surface area (Å²) >= 11 is 0. The van der Waals surface area contributed by atoms with Gasteiger partial charge in [-0.3, -0.25) is 4.79 Å². The lowest BCUT2D eigenvalue weighted by Crippen LogP contribution is -2.45. The van der Waals surface area contributed by atoms with E-state index in [0.717, 1.165) is 24.1 Å². The Hall–Kier alpha value is -1.55. The van der Waals surface area contributed by atoms with Crippen LogP contribution in [0.2, 0.25) is 0 Å². The molecule has 1 fully saturated rings. The van der Waals surface area contributed by atoms with Crippen molar-refractivity contribution in [3.63, 3.8) is 0 Å². The van der Waals surface area contributed by atoms with Crippen LogP contribution in [-0.4, -0.2) is 23.6 Å². The van der Waals surface area contributed by atoms with Crippen LogP contribution >= 0.6 is 0 Å².